The van der Waals surface area contributed by atoms with Gasteiger partial charge in [-0.3, -0.25) is 14.4 Å². The van der Waals surface area contributed by atoms with Crippen molar-refractivity contribution in [2.24, 2.45) is 0 Å². The Bertz CT molecular complexity index is 1480. The van der Waals surface area contributed by atoms with Crippen LogP contribution in [-0.4, -0.2) is 37.6 Å². The summed E-state index contributed by atoms with van der Waals surface area (Å²) in [5.74, 6) is 0.327. The van der Waals surface area contributed by atoms with Gasteiger partial charge in [-0.2, -0.15) is 0 Å². The molecule has 9 heteroatoms. The number of carbonyl (C=O) groups excluding carboxylic acids is 3. The average Bonchev–Trinajstić information content (AvgIpc) is 3.49. The fourth-order valence-corrected chi connectivity index (χ4v) is 5.07. The zero-order chi connectivity index (χ0) is 27.6. The maximum Gasteiger partial charge on any atom is 0.272 e. The maximum absolute atomic E-state index is 13.2. The van der Waals surface area contributed by atoms with Crippen molar-refractivity contribution in [3.63, 3.8) is 0 Å². The lowest BCUT2D eigenvalue weighted by molar-refractivity contribution is -0.113. The molecule has 0 unspecified atom stereocenters. The third-order valence-electron chi connectivity index (χ3n) is 5.53. The molecule has 0 aliphatic carbocycles. The molecule has 2 amide bonds. The van der Waals surface area contributed by atoms with E-state index in [2.05, 4.69) is 10.6 Å². The number of rotatable bonds is 11. The number of nitrogens with one attached hydrogen (secondary N) is 2. The molecule has 7 nitrogen and oxygen atoms in total. The summed E-state index contributed by atoms with van der Waals surface area (Å²) in [5, 5.41) is 7.48. The van der Waals surface area contributed by atoms with E-state index in [4.69, 9.17) is 9.47 Å². The van der Waals surface area contributed by atoms with Gasteiger partial charge in [-0.15, -0.1) is 23.1 Å². The number of ether oxygens (including phenoxy) is 2. The van der Waals surface area contributed by atoms with E-state index in [0.717, 1.165) is 9.77 Å². The van der Waals surface area contributed by atoms with Crippen molar-refractivity contribution in [1.82, 2.24) is 5.32 Å². The third-order valence-corrected chi connectivity index (χ3v) is 7.34. The van der Waals surface area contributed by atoms with Crippen LogP contribution in [0.2, 0.25) is 0 Å². The van der Waals surface area contributed by atoms with Gasteiger partial charge in [0.2, 0.25) is 0 Å². The van der Waals surface area contributed by atoms with Crippen molar-refractivity contribution in [2.75, 3.05) is 25.3 Å². The van der Waals surface area contributed by atoms with Crippen LogP contribution in [0.25, 0.3) is 6.08 Å². The van der Waals surface area contributed by atoms with Crippen LogP contribution in [0.15, 0.2) is 101 Å². The van der Waals surface area contributed by atoms with Crippen LogP contribution in [-0.2, 0) is 4.79 Å². The lowest BCUT2D eigenvalue weighted by Gasteiger charge is -2.12. The van der Waals surface area contributed by atoms with Gasteiger partial charge in [-0.1, -0.05) is 30.3 Å². The number of Topliss-reactive ketones (excluding diaryl/α,β-unsaturated/α-hetero) is 1. The molecule has 1 heterocycles. The van der Waals surface area contributed by atoms with E-state index in [0.29, 0.717) is 28.3 Å². The molecule has 0 aliphatic rings. The van der Waals surface area contributed by atoms with E-state index < -0.39 is 5.91 Å². The SMILES string of the molecule is COc1ccc(C(=O)CSc2cccc(NC(=O)/C(=C/c3cccs3)NC(=O)c3ccccc3)c2)cc1OC. The van der Waals surface area contributed by atoms with Crippen LogP contribution in [0.5, 0.6) is 11.5 Å². The number of ketones is 1. The van der Waals surface area contributed by atoms with E-state index in [1.54, 1.807) is 73.8 Å². The minimum atomic E-state index is -0.462. The minimum Gasteiger partial charge on any atom is -0.493 e. The highest BCUT2D eigenvalue weighted by Gasteiger charge is 2.16. The summed E-state index contributed by atoms with van der Waals surface area (Å²) in [6.45, 7) is 0. The molecule has 0 spiro atoms. The highest BCUT2D eigenvalue weighted by molar-refractivity contribution is 8.00. The molecule has 1 aromatic heterocycles. The van der Waals surface area contributed by atoms with Crippen molar-refractivity contribution in [1.29, 1.82) is 0 Å². The number of amides is 2. The number of benzene rings is 3. The summed E-state index contributed by atoms with van der Waals surface area (Å²) in [7, 11) is 3.06. The van der Waals surface area contributed by atoms with Gasteiger partial charge >= 0.3 is 0 Å². The van der Waals surface area contributed by atoms with Crippen LogP contribution in [0.1, 0.15) is 25.6 Å². The second kappa shape index (κ2) is 13.5. The molecule has 3 aromatic carbocycles. The molecule has 198 valence electrons. The number of thiophene rings is 1. The van der Waals surface area contributed by atoms with Crippen molar-refractivity contribution >= 4 is 52.5 Å². The van der Waals surface area contributed by atoms with Gasteiger partial charge in [0.05, 0.1) is 20.0 Å². The van der Waals surface area contributed by atoms with Gasteiger partial charge in [-0.05, 0) is 66.1 Å². The topological polar surface area (TPSA) is 93.7 Å². The van der Waals surface area contributed by atoms with Gasteiger partial charge in [-0.25, -0.2) is 0 Å². The monoisotopic (exact) mass is 558 g/mol. The van der Waals surface area contributed by atoms with E-state index >= 15 is 0 Å². The number of methoxy groups -OCH3 is 2. The molecule has 0 fully saturated rings. The van der Waals surface area contributed by atoms with Gasteiger partial charge in [0.1, 0.15) is 5.70 Å². The Morgan fingerprint density at radius 2 is 1.64 bits per heavy atom. The Kier molecular flexibility index (Phi) is 9.55. The summed E-state index contributed by atoms with van der Waals surface area (Å²) < 4.78 is 10.5. The fourth-order valence-electron chi connectivity index (χ4n) is 3.56. The standard InChI is InChI=1S/C30H26N2O5S2/c1-36-27-14-13-21(16-28(27)37-2)26(33)19-39-23-11-6-10-22(17-23)31-30(35)25(18-24-12-7-15-38-24)32-29(34)20-8-4-3-5-9-20/h3-18H,19H2,1-2H3,(H,31,35)(H,32,34)/b25-18-. The van der Waals surface area contributed by atoms with Crippen LogP contribution < -0.4 is 20.1 Å². The molecule has 4 aromatic rings. The molecule has 0 saturated carbocycles. The first-order valence-corrected chi connectivity index (χ1v) is 13.7. The molecule has 0 atom stereocenters. The summed E-state index contributed by atoms with van der Waals surface area (Å²) in [4.78, 5) is 40.4. The average molecular weight is 559 g/mol. The molecule has 0 radical (unpaired) electrons. The highest BCUT2D eigenvalue weighted by Crippen LogP contribution is 2.29. The molecular formula is C30H26N2O5S2. The number of thioether (sulfide) groups is 1. The Hall–Kier alpha value is -4.34. The summed E-state index contributed by atoms with van der Waals surface area (Å²) in [6.07, 6.45) is 1.64. The number of anilines is 1. The van der Waals surface area contributed by atoms with E-state index in [1.165, 1.54) is 30.2 Å². The molecular weight excluding hydrogens is 532 g/mol. The van der Waals surface area contributed by atoms with Gasteiger partial charge in [0.25, 0.3) is 11.8 Å². The molecule has 4 rings (SSSR count). The lowest BCUT2D eigenvalue weighted by Crippen LogP contribution is -2.30. The van der Waals surface area contributed by atoms with Crippen LogP contribution in [0.4, 0.5) is 5.69 Å². The Morgan fingerprint density at radius 1 is 0.846 bits per heavy atom. The Labute approximate surface area is 234 Å². The van der Waals surface area contributed by atoms with Crippen LogP contribution in [0.3, 0.4) is 0 Å². The first kappa shape index (κ1) is 27.7. The Balaban J connectivity index is 1.44. The zero-order valence-corrected chi connectivity index (χ0v) is 22.9. The summed E-state index contributed by atoms with van der Waals surface area (Å²) in [6, 6.07) is 24.7. The molecule has 0 bridgehead atoms. The number of hydrogen-bond donors (Lipinski definition) is 2. The molecule has 39 heavy (non-hydrogen) atoms. The Morgan fingerprint density at radius 3 is 2.36 bits per heavy atom. The first-order chi connectivity index (χ1) is 19.0. The maximum atomic E-state index is 13.2. The van der Waals surface area contributed by atoms with Gasteiger partial charge in [0, 0.05) is 26.6 Å². The normalized spacial score (nSPS) is 11.0. The minimum absolute atomic E-state index is 0.0693. The smallest absolute Gasteiger partial charge is 0.272 e. The van der Waals surface area contributed by atoms with Crippen LogP contribution in [0, 0.1) is 0 Å². The predicted octanol–water partition coefficient (Wildman–Crippen LogP) is 6.15. The first-order valence-electron chi connectivity index (χ1n) is 11.9. The zero-order valence-electron chi connectivity index (χ0n) is 21.3. The second-order valence-electron chi connectivity index (χ2n) is 8.16. The van der Waals surface area contributed by atoms with Crippen molar-refractivity contribution < 1.29 is 23.9 Å². The van der Waals surface area contributed by atoms with Crippen molar-refractivity contribution in [3.05, 3.63) is 112 Å². The summed E-state index contributed by atoms with van der Waals surface area (Å²) in [5.41, 5.74) is 1.62. The second-order valence-corrected chi connectivity index (χ2v) is 10.2. The van der Waals surface area contributed by atoms with Gasteiger partial charge in [0.15, 0.2) is 17.3 Å². The predicted molar refractivity (Wildman–Crippen MR) is 156 cm³/mol. The van der Waals surface area contributed by atoms with Gasteiger partial charge < -0.3 is 20.1 Å². The van der Waals surface area contributed by atoms with E-state index in [9.17, 15) is 14.4 Å². The van der Waals surface area contributed by atoms with E-state index in [-0.39, 0.29) is 23.1 Å². The fraction of sp³-hybridized carbons (Fsp3) is 0.100. The molecule has 0 aliphatic heterocycles. The largest absolute Gasteiger partial charge is 0.493 e. The lowest BCUT2D eigenvalue weighted by atomic mass is 10.1. The van der Waals surface area contributed by atoms with Crippen LogP contribution >= 0.6 is 23.1 Å². The molecule has 0 saturated heterocycles. The van der Waals surface area contributed by atoms with E-state index in [1.807, 2.05) is 29.6 Å². The number of carbonyl (C=O) groups is 3. The number of hydrogen-bond acceptors (Lipinski definition) is 7. The highest BCUT2D eigenvalue weighted by atomic mass is 32.2. The van der Waals surface area contributed by atoms with Crippen molar-refractivity contribution in [3.8, 4) is 11.5 Å². The third kappa shape index (κ3) is 7.59. The quantitative estimate of drug-likeness (QED) is 0.130. The molecule has 2 N–H and O–H groups in total. The van der Waals surface area contributed by atoms with Crippen molar-refractivity contribution in [2.45, 2.75) is 4.90 Å². The summed E-state index contributed by atoms with van der Waals surface area (Å²) >= 11 is 2.81.